The van der Waals surface area contributed by atoms with Crippen LogP contribution in [-0.2, 0) is 11.3 Å². The van der Waals surface area contributed by atoms with Crippen LogP contribution in [0, 0.1) is 6.92 Å². The number of nitrogens with zero attached hydrogens (tertiary/aromatic N) is 2. The second-order valence-electron chi connectivity index (χ2n) is 7.18. The van der Waals surface area contributed by atoms with E-state index in [4.69, 9.17) is 9.72 Å². The Morgan fingerprint density at radius 1 is 1.27 bits per heavy atom. The molecule has 0 aromatic carbocycles. The Balaban J connectivity index is 1.83. The molecule has 0 radical (unpaired) electrons. The average molecular weight is 404 g/mol. The number of alkyl carbamates (subject to hydrolysis) is 1. The summed E-state index contributed by atoms with van der Waals surface area (Å²) in [4.78, 5) is 17.1. The SMILES string of the molecule is C\C=C/C(=C\C=C\C)c1nc2ccc(C)cn2c1CNC(=O)OCC1=CCCC=C1. The maximum absolute atomic E-state index is 12.3. The molecule has 156 valence electrons. The first kappa shape index (κ1) is 21.4. The van der Waals surface area contributed by atoms with Gasteiger partial charge in [0.15, 0.2) is 0 Å². The van der Waals surface area contributed by atoms with Gasteiger partial charge in [0.25, 0.3) is 0 Å². The van der Waals surface area contributed by atoms with Gasteiger partial charge in [0, 0.05) is 11.8 Å². The first-order valence-electron chi connectivity index (χ1n) is 10.3. The Morgan fingerprint density at radius 3 is 2.87 bits per heavy atom. The highest BCUT2D eigenvalue weighted by molar-refractivity contribution is 5.76. The second kappa shape index (κ2) is 10.4. The summed E-state index contributed by atoms with van der Waals surface area (Å²) in [5.41, 5.74) is 5.74. The molecule has 1 N–H and O–H groups in total. The quantitative estimate of drug-likeness (QED) is 0.605. The standard InChI is InChI=1S/C25H29N3O2/c1-4-6-13-21(10-5-2)24-22(28-17-19(3)14-15-23(28)27-24)16-26-25(29)30-18-20-11-8-7-9-12-20/h4-6,8,10-15,17H,7,9,16,18H2,1-3H3,(H,26,29)/b6-4+,10-5-,21-13+. The van der Waals surface area contributed by atoms with Crippen molar-refractivity contribution in [2.75, 3.05) is 6.61 Å². The van der Waals surface area contributed by atoms with E-state index < -0.39 is 6.09 Å². The normalized spacial score (nSPS) is 14.6. The lowest BCUT2D eigenvalue weighted by Crippen LogP contribution is -2.25. The molecule has 2 aromatic rings. The number of aryl methyl sites for hydroxylation is 1. The molecule has 5 nitrogen and oxygen atoms in total. The number of imidazole rings is 1. The van der Waals surface area contributed by atoms with E-state index in [1.807, 2.05) is 80.0 Å². The van der Waals surface area contributed by atoms with Crippen LogP contribution in [0.25, 0.3) is 11.2 Å². The van der Waals surface area contributed by atoms with Crippen LogP contribution < -0.4 is 5.32 Å². The molecule has 0 atom stereocenters. The molecule has 0 bridgehead atoms. The number of nitrogens with one attached hydrogen (secondary N) is 1. The number of hydrogen-bond donors (Lipinski definition) is 1. The summed E-state index contributed by atoms with van der Waals surface area (Å²) >= 11 is 0. The van der Waals surface area contributed by atoms with E-state index in [-0.39, 0.29) is 6.61 Å². The van der Waals surface area contributed by atoms with Crippen molar-refractivity contribution in [2.45, 2.75) is 40.2 Å². The number of aromatic nitrogens is 2. The molecule has 0 unspecified atom stereocenters. The zero-order valence-corrected chi connectivity index (χ0v) is 17.9. The Kier molecular flexibility index (Phi) is 7.44. The molecule has 5 heteroatoms. The number of rotatable bonds is 7. The van der Waals surface area contributed by atoms with Crippen LogP contribution in [0.4, 0.5) is 4.79 Å². The summed E-state index contributed by atoms with van der Waals surface area (Å²) in [7, 11) is 0. The van der Waals surface area contributed by atoms with Crippen LogP contribution in [0.15, 0.2) is 72.5 Å². The van der Waals surface area contributed by atoms with Gasteiger partial charge in [-0.3, -0.25) is 0 Å². The highest BCUT2D eigenvalue weighted by atomic mass is 16.5. The summed E-state index contributed by atoms with van der Waals surface area (Å²) in [6.07, 6.45) is 19.9. The molecule has 0 saturated heterocycles. The summed E-state index contributed by atoms with van der Waals surface area (Å²) < 4.78 is 7.42. The number of ether oxygens (including phenoxy) is 1. The van der Waals surface area contributed by atoms with Gasteiger partial charge in [-0.25, -0.2) is 9.78 Å². The van der Waals surface area contributed by atoms with Gasteiger partial charge in [-0.1, -0.05) is 54.7 Å². The van der Waals surface area contributed by atoms with Crippen molar-refractivity contribution in [1.82, 2.24) is 14.7 Å². The van der Waals surface area contributed by atoms with Gasteiger partial charge >= 0.3 is 6.09 Å². The lowest BCUT2D eigenvalue weighted by Gasteiger charge is -2.11. The smallest absolute Gasteiger partial charge is 0.407 e. The monoisotopic (exact) mass is 403 g/mol. The molecule has 1 amide bonds. The molecule has 3 rings (SSSR count). The topological polar surface area (TPSA) is 55.6 Å². The van der Waals surface area contributed by atoms with E-state index in [2.05, 4.69) is 17.5 Å². The summed E-state index contributed by atoms with van der Waals surface area (Å²) in [5.74, 6) is 0. The Hall–Kier alpha value is -3.34. The average Bonchev–Trinajstić information content (AvgIpc) is 3.12. The van der Waals surface area contributed by atoms with Crippen LogP contribution >= 0.6 is 0 Å². The molecule has 0 fully saturated rings. The van der Waals surface area contributed by atoms with Crippen molar-refractivity contribution in [3.05, 3.63) is 89.5 Å². The van der Waals surface area contributed by atoms with Crippen molar-refractivity contribution in [2.24, 2.45) is 0 Å². The number of hydrogen-bond acceptors (Lipinski definition) is 3. The fourth-order valence-electron chi connectivity index (χ4n) is 3.32. The van der Waals surface area contributed by atoms with Gasteiger partial charge in [0.2, 0.25) is 0 Å². The van der Waals surface area contributed by atoms with E-state index in [1.54, 1.807) is 0 Å². The fourth-order valence-corrected chi connectivity index (χ4v) is 3.32. The maximum Gasteiger partial charge on any atom is 0.407 e. The molecule has 0 spiro atoms. The van der Waals surface area contributed by atoms with Crippen molar-refractivity contribution in [3.63, 3.8) is 0 Å². The predicted octanol–water partition coefficient (Wildman–Crippen LogP) is 5.68. The molecular formula is C25H29N3O2. The van der Waals surface area contributed by atoms with Crippen LogP contribution in [0.2, 0.25) is 0 Å². The molecule has 1 aliphatic carbocycles. The van der Waals surface area contributed by atoms with E-state index in [0.717, 1.165) is 46.6 Å². The van der Waals surface area contributed by atoms with Gasteiger partial charge in [-0.05, 0) is 50.8 Å². The number of allylic oxidation sites excluding steroid dienone is 8. The Labute approximate surface area is 178 Å². The third kappa shape index (κ3) is 5.38. The number of pyridine rings is 1. The highest BCUT2D eigenvalue weighted by Crippen LogP contribution is 2.23. The molecular weight excluding hydrogens is 374 g/mol. The Morgan fingerprint density at radius 2 is 2.13 bits per heavy atom. The van der Waals surface area contributed by atoms with Crippen molar-refractivity contribution in [3.8, 4) is 0 Å². The minimum absolute atomic E-state index is 0.284. The van der Waals surface area contributed by atoms with Gasteiger partial charge in [-0.15, -0.1) is 0 Å². The third-order valence-corrected chi connectivity index (χ3v) is 4.80. The Bertz CT molecular complexity index is 1050. The van der Waals surface area contributed by atoms with Crippen molar-refractivity contribution >= 4 is 17.3 Å². The number of fused-ring (bicyclic) bond motifs is 1. The van der Waals surface area contributed by atoms with E-state index in [0.29, 0.717) is 6.54 Å². The summed E-state index contributed by atoms with van der Waals surface area (Å²) in [6, 6.07) is 4.03. The van der Waals surface area contributed by atoms with Crippen LogP contribution in [-0.4, -0.2) is 22.1 Å². The number of carbonyl (C=O) groups is 1. The molecule has 0 saturated carbocycles. The van der Waals surface area contributed by atoms with E-state index in [1.165, 1.54) is 0 Å². The molecule has 0 aliphatic heterocycles. The van der Waals surface area contributed by atoms with E-state index in [9.17, 15) is 4.79 Å². The molecule has 1 aliphatic rings. The summed E-state index contributed by atoms with van der Waals surface area (Å²) in [6.45, 7) is 6.60. The maximum atomic E-state index is 12.3. The fraction of sp³-hybridized carbons (Fsp3) is 0.280. The van der Waals surface area contributed by atoms with Gasteiger partial charge in [0.1, 0.15) is 12.3 Å². The molecule has 30 heavy (non-hydrogen) atoms. The minimum Gasteiger partial charge on any atom is -0.445 e. The van der Waals surface area contributed by atoms with Gasteiger partial charge in [-0.2, -0.15) is 0 Å². The summed E-state index contributed by atoms with van der Waals surface area (Å²) in [5, 5.41) is 2.89. The van der Waals surface area contributed by atoms with Gasteiger partial charge < -0.3 is 14.5 Å². The van der Waals surface area contributed by atoms with Crippen molar-refractivity contribution in [1.29, 1.82) is 0 Å². The minimum atomic E-state index is -0.437. The largest absolute Gasteiger partial charge is 0.445 e. The first-order chi connectivity index (χ1) is 14.6. The second-order valence-corrected chi connectivity index (χ2v) is 7.18. The third-order valence-electron chi connectivity index (χ3n) is 4.80. The van der Waals surface area contributed by atoms with Gasteiger partial charge in [0.05, 0.1) is 17.9 Å². The first-order valence-corrected chi connectivity index (χ1v) is 10.3. The predicted molar refractivity (Wildman–Crippen MR) is 122 cm³/mol. The van der Waals surface area contributed by atoms with Crippen LogP contribution in [0.5, 0.6) is 0 Å². The van der Waals surface area contributed by atoms with Crippen LogP contribution in [0.3, 0.4) is 0 Å². The lowest BCUT2D eigenvalue weighted by molar-refractivity contribution is 0.155. The number of carbonyl (C=O) groups excluding carboxylic acids is 1. The zero-order chi connectivity index (χ0) is 21.3. The number of amides is 1. The molecule has 2 aromatic heterocycles. The highest BCUT2D eigenvalue weighted by Gasteiger charge is 2.16. The van der Waals surface area contributed by atoms with Crippen LogP contribution in [0.1, 0.15) is 43.6 Å². The van der Waals surface area contributed by atoms with E-state index >= 15 is 0 Å². The zero-order valence-electron chi connectivity index (χ0n) is 17.9. The lowest BCUT2D eigenvalue weighted by atomic mass is 10.1. The molecule has 2 heterocycles. The van der Waals surface area contributed by atoms with Crippen molar-refractivity contribution < 1.29 is 9.53 Å².